The molecule has 2 rings (SSSR count). The van der Waals surface area contributed by atoms with Gasteiger partial charge in [0.2, 0.25) is 0 Å². The first kappa shape index (κ1) is 9.50. The van der Waals surface area contributed by atoms with Gasteiger partial charge < -0.3 is 0 Å². The predicted molar refractivity (Wildman–Crippen MR) is 59.7 cm³/mol. The molecule has 0 saturated carbocycles. The molecule has 2 aromatic rings. The summed E-state index contributed by atoms with van der Waals surface area (Å²) in [5.74, 6) is 0. The fourth-order valence-electron chi connectivity index (χ4n) is 1.22. The zero-order valence-electron chi connectivity index (χ0n) is 7.24. The molecule has 0 aliphatic rings. The van der Waals surface area contributed by atoms with Crippen molar-refractivity contribution in [2.75, 3.05) is 0 Å². The van der Waals surface area contributed by atoms with E-state index in [4.69, 9.17) is 23.2 Å². The van der Waals surface area contributed by atoms with Crippen molar-refractivity contribution in [1.29, 1.82) is 0 Å². The van der Waals surface area contributed by atoms with Gasteiger partial charge in [0.05, 0.1) is 10.7 Å². The zero-order valence-corrected chi connectivity index (χ0v) is 8.76. The fourth-order valence-corrected chi connectivity index (χ4v) is 1.72. The summed E-state index contributed by atoms with van der Waals surface area (Å²) in [4.78, 5) is 4.21. The van der Waals surface area contributed by atoms with Gasteiger partial charge in [-0.2, -0.15) is 0 Å². The summed E-state index contributed by atoms with van der Waals surface area (Å²) < 4.78 is 0. The van der Waals surface area contributed by atoms with E-state index in [1.807, 2.05) is 24.3 Å². The lowest BCUT2D eigenvalue weighted by Crippen LogP contribution is -1.82. The van der Waals surface area contributed by atoms with E-state index in [0.29, 0.717) is 10.0 Å². The Morgan fingerprint density at radius 3 is 2.50 bits per heavy atom. The number of nitrogens with zero attached hydrogens (tertiary/aromatic N) is 1. The number of benzene rings is 1. The second-order valence-electron chi connectivity index (χ2n) is 2.84. The standard InChI is InChI=1S/C11H7Cl2N/c12-8-4-5-9(10(13)7-8)11-3-1-2-6-14-11/h1-7H. The van der Waals surface area contributed by atoms with Crippen molar-refractivity contribution >= 4 is 23.2 Å². The quantitative estimate of drug-likeness (QED) is 0.711. The number of rotatable bonds is 1. The number of hydrogen-bond donors (Lipinski definition) is 0. The van der Waals surface area contributed by atoms with Crippen molar-refractivity contribution in [3.63, 3.8) is 0 Å². The molecule has 0 atom stereocenters. The molecule has 1 aromatic carbocycles. The van der Waals surface area contributed by atoms with E-state index in [2.05, 4.69) is 4.98 Å². The van der Waals surface area contributed by atoms with Crippen LogP contribution in [0.1, 0.15) is 0 Å². The van der Waals surface area contributed by atoms with Crippen molar-refractivity contribution in [3.05, 3.63) is 52.6 Å². The van der Waals surface area contributed by atoms with Gasteiger partial charge in [-0.15, -0.1) is 0 Å². The van der Waals surface area contributed by atoms with Crippen molar-refractivity contribution in [2.45, 2.75) is 0 Å². The maximum absolute atomic E-state index is 6.04. The first-order valence-electron chi connectivity index (χ1n) is 4.14. The highest BCUT2D eigenvalue weighted by Crippen LogP contribution is 2.28. The van der Waals surface area contributed by atoms with Crippen LogP contribution in [0.3, 0.4) is 0 Å². The van der Waals surface area contributed by atoms with E-state index in [9.17, 15) is 0 Å². The highest BCUT2D eigenvalue weighted by atomic mass is 35.5. The molecular formula is C11H7Cl2N. The van der Waals surface area contributed by atoms with Gasteiger partial charge >= 0.3 is 0 Å². The van der Waals surface area contributed by atoms with Gasteiger partial charge in [-0.1, -0.05) is 29.3 Å². The summed E-state index contributed by atoms with van der Waals surface area (Å²) in [6, 6.07) is 11.1. The van der Waals surface area contributed by atoms with E-state index < -0.39 is 0 Å². The molecule has 0 N–H and O–H groups in total. The largest absolute Gasteiger partial charge is 0.256 e. The average molecular weight is 224 g/mol. The van der Waals surface area contributed by atoms with Crippen LogP contribution in [0.2, 0.25) is 10.0 Å². The molecule has 0 saturated heterocycles. The van der Waals surface area contributed by atoms with Gasteiger partial charge in [-0.25, -0.2) is 0 Å². The fraction of sp³-hybridized carbons (Fsp3) is 0. The van der Waals surface area contributed by atoms with Crippen LogP contribution in [0.5, 0.6) is 0 Å². The third-order valence-corrected chi connectivity index (χ3v) is 2.42. The third-order valence-electron chi connectivity index (χ3n) is 1.87. The lowest BCUT2D eigenvalue weighted by atomic mass is 10.1. The van der Waals surface area contributed by atoms with Gasteiger partial charge in [0.15, 0.2) is 0 Å². The minimum atomic E-state index is 0.621. The maximum atomic E-state index is 6.04. The SMILES string of the molecule is Clc1ccc(-c2ccccn2)c(Cl)c1. The van der Waals surface area contributed by atoms with Crippen molar-refractivity contribution in [2.24, 2.45) is 0 Å². The second-order valence-corrected chi connectivity index (χ2v) is 3.68. The van der Waals surface area contributed by atoms with Crippen molar-refractivity contribution < 1.29 is 0 Å². The van der Waals surface area contributed by atoms with Crippen LogP contribution < -0.4 is 0 Å². The Morgan fingerprint density at radius 1 is 1.00 bits per heavy atom. The predicted octanol–water partition coefficient (Wildman–Crippen LogP) is 4.06. The zero-order chi connectivity index (χ0) is 9.97. The molecule has 0 radical (unpaired) electrons. The summed E-state index contributed by atoms with van der Waals surface area (Å²) in [5, 5.41) is 1.26. The summed E-state index contributed by atoms with van der Waals surface area (Å²) >= 11 is 11.8. The molecule has 0 spiro atoms. The molecule has 0 amide bonds. The topological polar surface area (TPSA) is 12.9 Å². The highest BCUT2D eigenvalue weighted by molar-refractivity contribution is 6.36. The molecule has 0 fully saturated rings. The van der Waals surface area contributed by atoms with Crippen molar-refractivity contribution in [1.82, 2.24) is 4.98 Å². The van der Waals surface area contributed by atoms with Gasteiger partial charge in [0.1, 0.15) is 0 Å². The van der Waals surface area contributed by atoms with E-state index in [-0.39, 0.29) is 0 Å². The molecule has 0 bridgehead atoms. The lowest BCUT2D eigenvalue weighted by Gasteiger charge is -2.02. The van der Waals surface area contributed by atoms with Crippen LogP contribution in [0.25, 0.3) is 11.3 Å². The molecule has 1 heterocycles. The van der Waals surface area contributed by atoms with E-state index in [0.717, 1.165) is 11.3 Å². The number of aromatic nitrogens is 1. The highest BCUT2D eigenvalue weighted by Gasteiger charge is 2.03. The first-order chi connectivity index (χ1) is 6.77. The molecular weight excluding hydrogens is 217 g/mol. The van der Waals surface area contributed by atoms with Crippen LogP contribution in [0.4, 0.5) is 0 Å². The summed E-state index contributed by atoms with van der Waals surface area (Å²) in [5.41, 5.74) is 1.76. The van der Waals surface area contributed by atoms with Crippen LogP contribution >= 0.6 is 23.2 Å². The Morgan fingerprint density at radius 2 is 1.86 bits per heavy atom. The molecule has 0 aliphatic heterocycles. The van der Waals surface area contributed by atoms with Crippen LogP contribution in [-0.4, -0.2) is 4.98 Å². The van der Waals surface area contributed by atoms with Crippen molar-refractivity contribution in [3.8, 4) is 11.3 Å². The minimum absolute atomic E-state index is 0.621. The van der Waals surface area contributed by atoms with E-state index in [1.165, 1.54) is 0 Å². The summed E-state index contributed by atoms with van der Waals surface area (Å²) in [7, 11) is 0. The van der Waals surface area contributed by atoms with Crippen LogP contribution in [0.15, 0.2) is 42.6 Å². The van der Waals surface area contributed by atoms with Gasteiger partial charge in [-0.05, 0) is 30.3 Å². The Bertz CT molecular complexity index is 440. The third kappa shape index (κ3) is 1.89. The van der Waals surface area contributed by atoms with Gasteiger partial charge in [-0.3, -0.25) is 4.98 Å². The summed E-state index contributed by atoms with van der Waals surface area (Å²) in [6.45, 7) is 0. The molecule has 0 aliphatic carbocycles. The molecule has 3 heteroatoms. The maximum Gasteiger partial charge on any atom is 0.0716 e. The number of hydrogen-bond acceptors (Lipinski definition) is 1. The summed E-state index contributed by atoms with van der Waals surface area (Å²) in [6.07, 6.45) is 1.74. The van der Waals surface area contributed by atoms with Gasteiger partial charge in [0.25, 0.3) is 0 Å². The van der Waals surface area contributed by atoms with Gasteiger partial charge in [0, 0.05) is 16.8 Å². The minimum Gasteiger partial charge on any atom is -0.256 e. The number of halogens is 2. The number of pyridine rings is 1. The van der Waals surface area contributed by atoms with E-state index >= 15 is 0 Å². The Balaban J connectivity index is 2.53. The normalized spacial score (nSPS) is 10.1. The molecule has 14 heavy (non-hydrogen) atoms. The average Bonchev–Trinajstić information content (AvgIpc) is 2.19. The van der Waals surface area contributed by atoms with Crippen LogP contribution in [-0.2, 0) is 0 Å². The molecule has 70 valence electrons. The Kier molecular flexibility index (Phi) is 2.71. The second kappa shape index (κ2) is 3.99. The molecule has 1 aromatic heterocycles. The Labute approximate surface area is 92.3 Å². The lowest BCUT2D eigenvalue weighted by molar-refractivity contribution is 1.33. The van der Waals surface area contributed by atoms with Crippen LogP contribution in [0, 0.1) is 0 Å². The monoisotopic (exact) mass is 223 g/mol. The smallest absolute Gasteiger partial charge is 0.0716 e. The first-order valence-corrected chi connectivity index (χ1v) is 4.89. The van der Waals surface area contributed by atoms with E-state index in [1.54, 1.807) is 18.3 Å². The molecule has 1 nitrogen and oxygen atoms in total. The molecule has 0 unspecified atom stereocenters. The Hall–Kier alpha value is -1.05.